The fourth-order valence-electron chi connectivity index (χ4n) is 1.28. The second-order valence-electron chi connectivity index (χ2n) is 3.61. The molecule has 1 aromatic rings. The average molecular weight is 290 g/mol. The van der Waals surface area contributed by atoms with Gasteiger partial charge < -0.3 is 14.8 Å². The largest absolute Gasteiger partial charge is 0.494 e. The quantitative estimate of drug-likeness (QED) is 0.495. The van der Waals surface area contributed by atoms with E-state index in [1.54, 1.807) is 24.3 Å². The van der Waals surface area contributed by atoms with Gasteiger partial charge >= 0.3 is 0 Å². The van der Waals surface area contributed by atoms with Gasteiger partial charge in [-0.15, -0.1) is 11.6 Å². The Balaban J connectivity index is 2.52. The lowest BCUT2D eigenvalue weighted by Gasteiger charge is -2.18. The standard InChI is InChI=1S/C12H13Cl2NO3/c1-15-11(17)12(14,8-16)6-7-18-10-4-2-9(13)3-5-10/h2-5,8H,6-7H2,1H3,(H,15,17). The molecule has 1 amide bonds. The van der Waals surface area contributed by atoms with Crippen molar-refractivity contribution in [1.29, 1.82) is 0 Å². The highest BCUT2D eigenvalue weighted by Gasteiger charge is 2.35. The molecule has 0 heterocycles. The molecule has 0 radical (unpaired) electrons. The van der Waals surface area contributed by atoms with Crippen LogP contribution in [0.1, 0.15) is 6.42 Å². The number of nitrogens with one attached hydrogen (secondary N) is 1. The third-order valence-corrected chi connectivity index (χ3v) is 3.04. The molecule has 18 heavy (non-hydrogen) atoms. The van der Waals surface area contributed by atoms with Crippen molar-refractivity contribution in [1.82, 2.24) is 5.32 Å². The lowest BCUT2D eigenvalue weighted by molar-refractivity contribution is -0.127. The van der Waals surface area contributed by atoms with Crippen molar-refractivity contribution in [3.8, 4) is 5.75 Å². The minimum absolute atomic E-state index is 0.0837. The zero-order valence-corrected chi connectivity index (χ0v) is 11.3. The first kappa shape index (κ1) is 14.8. The number of rotatable bonds is 6. The third-order valence-electron chi connectivity index (χ3n) is 2.34. The molecule has 0 aliphatic rings. The summed E-state index contributed by atoms with van der Waals surface area (Å²) in [5.74, 6) is 0.0556. The van der Waals surface area contributed by atoms with Crippen molar-refractivity contribution in [2.75, 3.05) is 13.7 Å². The topological polar surface area (TPSA) is 55.4 Å². The molecule has 0 aliphatic heterocycles. The van der Waals surface area contributed by atoms with Gasteiger partial charge in [0.25, 0.3) is 0 Å². The van der Waals surface area contributed by atoms with Gasteiger partial charge in [0.1, 0.15) is 5.75 Å². The van der Waals surface area contributed by atoms with E-state index in [1.807, 2.05) is 0 Å². The zero-order valence-electron chi connectivity index (χ0n) is 9.78. The SMILES string of the molecule is CNC(=O)C(Cl)(C=O)CCOc1ccc(Cl)cc1. The number of hydrogen-bond acceptors (Lipinski definition) is 3. The molecule has 1 unspecified atom stereocenters. The maximum absolute atomic E-state index is 11.4. The van der Waals surface area contributed by atoms with Crippen LogP contribution in [0.5, 0.6) is 5.75 Å². The lowest BCUT2D eigenvalue weighted by Crippen LogP contribution is -2.43. The van der Waals surface area contributed by atoms with Crippen LogP contribution in [0.25, 0.3) is 0 Å². The number of carbonyl (C=O) groups is 2. The normalized spacial score (nSPS) is 13.5. The monoisotopic (exact) mass is 289 g/mol. The van der Waals surface area contributed by atoms with Gasteiger partial charge in [0, 0.05) is 18.5 Å². The van der Waals surface area contributed by atoms with Crippen molar-refractivity contribution >= 4 is 35.4 Å². The fraction of sp³-hybridized carbons (Fsp3) is 0.333. The van der Waals surface area contributed by atoms with Gasteiger partial charge in [-0.1, -0.05) is 11.6 Å². The smallest absolute Gasteiger partial charge is 0.248 e. The summed E-state index contributed by atoms with van der Waals surface area (Å²) in [7, 11) is 1.42. The summed E-state index contributed by atoms with van der Waals surface area (Å²) in [6.45, 7) is 0.150. The van der Waals surface area contributed by atoms with E-state index in [4.69, 9.17) is 27.9 Å². The Morgan fingerprint density at radius 3 is 2.56 bits per heavy atom. The van der Waals surface area contributed by atoms with Crippen molar-refractivity contribution in [3.05, 3.63) is 29.3 Å². The van der Waals surface area contributed by atoms with Gasteiger partial charge in [-0.3, -0.25) is 4.79 Å². The summed E-state index contributed by atoms with van der Waals surface area (Å²) >= 11 is 11.6. The first-order chi connectivity index (χ1) is 8.51. The van der Waals surface area contributed by atoms with Crippen LogP contribution in [-0.4, -0.2) is 30.7 Å². The Labute approximate surface area is 115 Å². The van der Waals surface area contributed by atoms with Crippen molar-refractivity contribution in [2.24, 2.45) is 0 Å². The number of ether oxygens (including phenoxy) is 1. The van der Waals surface area contributed by atoms with E-state index in [1.165, 1.54) is 7.05 Å². The molecule has 98 valence electrons. The summed E-state index contributed by atoms with van der Waals surface area (Å²) in [5, 5.41) is 2.94. The van der Waals surface area contributed by atoms with E-state index in [2.05, 4.69) is 5.32 Å². The van der Waals surface area contributed by atoms with Gasteiger partial charge in [0.2, 0.25) is 5.91 Å². The fourth-order valence-corrected chi connectivity index (χ4v) is 1.58. The molecule has 1 rings (SSSR count). The van der Waals surface area contributed by atoms with E-state index < -0.39 is 10.8 Å². The number of benzene rings is 1. The number of alkyl halides is 1. The summed E-state index contributed by atoms with van der Waals surface area (Å²) in [6, 6.07) is 6.75. The molecule has 0 aromatic heterocycles. The molecule has 0 aliphatic carbocycles. The number of hydrogen-bond donors (Lipinski definition) is 1. The number of aldehydes is 1. The van der Waals surface area contributed by atoms with E-state index in [-0.39, 0.29) is 13.0 Å². The van der Waals surface area contributed by atoms with Crippen LogP contribution in [-0.2, 0) is 9.59 Å². The Bertz CT molecular complexity index is 422. The van der Waals surface area contributed by atoms with Gasteiger partial charge in [-0.25, -0.2) is 0 Å². The summed E-state index contributed by atoms with van der Waals surface area (Å²) < 4.78 is 5.37. The molecule has 1 N–H and O–H groups in total. The molecule has 0 fully saturated rings. The summed E-state index contributed by atoms with van der Waals surface area (Å²) in [6.07, 6.45) is 0.499. The molecule has 0 bridgehead atoms. The van der Waals surface area contributed by atoms with Crippen LogP contribution < -0.4 is 10.1 Å². The first-order valence-corrected chi connectivity index (χ1v) is 6.03. The van der Waals surface area contributed by atoms with Crippen LogP contribution in [0.15, 0.2) is 24.3 Å². The van der Waals surface area contributed by atoms with Gasteiger partial charge in [0.05, 0.1) is 6.61 Å². The highest BCUT2D eigenvalue weighted by atomic mass is 35.5. The second-order valence-corrected chi connectivity index (χ2v) is 4.72. The minimum Gasteiger partial charge on any atom is -0.494 e. The molecule has 1 atom stereocenters. The van der Waals surface area contributed by atoms with E-state index in [9.17, 15) is 9.59 Å². The number of carbonyl (C=O) groups excluding carboxylic acids is 2. The van der Waals surface area contributed by atoms with E-state index >= 15 is 0 Å². The van der Waals surface area contributed by atoms with Crippen LogP contribution >= 0.6 is 23.2 Å². The Morgan fingerprint density at radius 1 is 1.44 bits per heavy atom. The molecule has 4 nitrogen and oxygen atoms in total. The van der Waals surface area contributed by atoms with Gasteiger partial charge in [-0.05, 0) is 24.3 Å². The van der Waals surface area contributed by atoms with Gasteiger partial charge in [-0.2, -0.15) is 0 Å². The van der Waals surface area contributed by atoms with E-state index in [0.717, 1.165) is 0 Å². The maximum atomic E-state index is 11.4. The molecule has 0 saturated heterocycles. The molecule has 0 spiro atoms. The number of amides is 1. The highest BCUT2D eigenvalue weighted by Crippen LogP contribution is 2.20. The Kier molecular flexibility index (Phi) is 5.44. The highest BCUT2D eigenvalue weighted by molar-refractivity contribution is 6.43. The Morgan fingerprint density at radius 2 is 2.06 bits per heavy atom. The van der Waals surface area contributed by atoms with Crippen molar-refractivity contribution in [2.45, 2.75) is 11.3 Å². The molecular weight excluding hydrogens is 277 g/mol. The third kappa shape index (κ3) is 3.89. The van der Waals surface area contributed by atoms with Crippen LogP contribution in [0.3, 0.4) is 0 Å². The molecular formula is C12H13Cl2NO3. The number of halogens is 2. The van der Waals surface area contributed by atoms with Crippen molar-refractivity contribution in [3.63, 3.8) is 0 Å². The first-order valence-electron chi connectivity index (χ1n) is 5.27. The zero-order chi connectivity index (χ0) is 13.6. The average Bonchev–Trinajstić information content (AvgIpc) is 2.39. The summed E-state index contributed by atoms with van der Waals surface area (Å²) in [4.78, 5) is 20.7. The van der Waals surface area contributed by atoms with E-state index in [0.29, 0.717) is 17.1 Å². The predicted octanol–water partition coefficient (Wildman–Crippen LogP) is 2.03. The summed E-state index contributed by atoms with van der Waals surface area (Å²) in [5.41, 5.74) is 0. The minimum atomic E-state index is -1.58. The van der Waals surface area contributed by atoms with Crippen LogP contribution in [0, 0.1) is 0 Å². The van der Waals surface area contributed by atoms with Crippen LogP contribution in [0.2, 0.25) is 5.02 Å². The molecule has 6 heteroatoms. The molecule has 0 saturated carbocycles. The van der Waals surface area contributed by atoms with Crippen LogP contribution in [0.4, 0.5) is 0 Å². The van der Waals surface area contributed by atoms with Gasteiger partial charge in [0.15, 0.2) is 11.2 Å². The Hall–Kier alpha value is -1.26. The molecule has 1 aromatic carbocycles. The second kappa shape index (κ2) is 6.61. The lowest BCUT2D eigenvalue weighted by atomic mass is 10.1. The maximum Gasteiger partial charge on any atom is 0.248 e. The van der Waals surface area contributed by atoms with Crippen molar-refractivity contribution < 1.29 is 14.3 Å². The predicted molar refractivity (Wildman–Crippen MR) is 70.3 cm³/mol.